The van der Waals surface area contributed by atoms with Gasteiger partial charge in [-0.3, -0.25) is 0 Å². The Morgan fingerprint density at radius 2 is 1.96 bits per heavy atom. The molecule has 0 aliphatic carbocycles. The summed E-state index contributed by atoms with van der Waals surface area (Å²) in [4.78, 5) is 10.8. The molecular formula is C17H15BrCl2N2O4. The third kappa shape index (κ3) is 4.87. The first-order valence-corrected chi connectivity index (χ1v) is 9.04. The van der Waals surface area contributed by atoms with E-state index in [1.165, 1.54) is 0 Å². The second-order valence-electron chi connectivity index (χ2n) is 5.15. The Morgan fingerprint density at radius 1 is 1.23 bits per heavy atom. The molecule has 1 atom stereocenters. The van der Waals surface area contributed by atoms with Crippen LogP contribution in [0.25, 0.3) is 0 Å². The van der Waals surface area contributed by atoms with Crippen LogP contribution in [0.15, 0.2) is 39.9 Å². The minimum Gasteiger partial charge on any atom is -0.490 e. The van der Waals surface area contributed by atoms with Crippen molar-refractivity contribution in [2.75, 3.05) is 13.2 Å². The van der Waals surface area contributed by atoms with Crippen molar-refractivity contribution < 1.29 is 19.4 Å². The maximum atomic E-state index is 10.8. The third-order valence-electron chi connectivity index (χ3n) is 3.38. The molecule has 26 heavy (non-hydrogen) atoms. The molecule has 0 radical (unpaired) electrons. The van der Waals surface area contributed by atoms with E-state index in [-0.39, 0.29) is 5.75 Å². The van der Waals surface area contributed by atoms with Crippen molar-refractivity contribution in [3.63, 3.8) is 0 Å². The molecule has 0 aromatic heterocycles. The van der Waals surface area contributed by atoms with Crippen LogP contribution < -0.4 is 9.47 Å². The van der Waals surface area contributed by atoms with Crippen LogP contribution in [0.2, 0.25) is 10.0 Å². The van der Waals surface area contributed by atoms with Crippen LogP contribution in [0.1, 0.15) is 24.1 Å². The molecule has 6 nitrogen and oxygen atoms in total. The lowest BCUT2D eigenvalue weighted by Gasteiger charge is -2.18. The van der Waals surface area contributed by atoms with Crippen LogP contribution in [-0.4, -0.2) is 24.3 Å². The summed E-state index contributed by atoms with van der Waals surface area (Å²) in [5, 5.41) is 13.3. The fourth-order valence-electron chi connectivity index (χ4n) is 2.31. The van der Waals surface area contributed by atoms with Gasteiger partial charge in [0.25, 0.3) is 0 Å². The van der Waals surface area contributed by atoms with Crippen molar-refractivity contribution in [3.05, 3.63) is 56.0 Å². The predicted octanol–water partition coefficient (Wildman–Crippen LogP) is 5.74. The highest BCUT2D eigenvalue weighted by atomic mass is 79.9. The van der Waals surface area contributed by atoms with Gasteiger partial charge in [0, 0.05) is 0 Å². The average Bonchev–Trinajstić information content (AvgIpc) is 2.58. The van der Waals surface area contributed by atoms with E-state index in [0.717, 1.165) is 0 Å². The lowest BCUT2D eigenvalue weighted by molar-refractivity contribution is -0.139. The van der Waals surface area contributed by atoms with Gasteiger partial charge in [0.15, 0.2) is 18.1 Å². The molecule has 9 heteroatoms. The highest BCUT2D eigenvalue weighted by Crippen LogP contribution is 2.41. The van der Waals surface area contributed by atoms with Crippen molar-refractivity contribution in [1.82, 2.24) is 0 Å². The topological polar surface area (TPSA) is 92.0 Å². The van der Waals surface area contributed by atoms with Crippen LogP contribution in [-0.2, 0) is 4.79 Å². The first kappa shape index (κ1) is 20.5. The number of halogens is 3. The molecule has 2 N–H and O–H groups in total. The van der Waals surface area contributed by atoms with Crippen molar-refractivity contribution in [1.29, 1.82) is 5.53 Å². The molecular weight excluding hydrogens is 447 g/mol. The van der Waals surface area contributed by atoms with E-state index in [1.807, 2.05) is 0 Å². The van der Waals surface area contributed by atoms with Crippen molar-refractivity contribution in [3.8, 4) is 11.5 Å². The number of hydrogen-bond donors (Lipinski definition) is 2. The quantitative estimate of drug-likeness (QED) is 0.490. The number of ether oxygens (including phenoxy) is 2. The molecule has 0 aliphatic heterocycles. The molecule has 0 spiro atoms. The molecule has 2 rings (SSSR count). The molecule has 2 aromatic carbocycles. The smallest absolute Gasteiger partial charge is 0.341 e. The number of rotatable bonds is 8. The summed E-state index contributed by atoms with van der Waals surface area (Å²) < 4.78 is 11.4. The Balaban J connectivity index is 2.48. The average molecular weight is 462 g/mol. The zero-order chi connectivity index (χ0) is 19.3. The zero-order valence-electron chi connectivity index (χ0n) is 13.6. The Hall–Kier alpha value is -1.83. The number of carboxylic acids is 1. The molecule has 0 saturated carbocycles. The largest absolute Gasteiger partial charge is 0.490 e. The Morgan fingerprint density at radius 3 is 2.54 bits per heavy atom. The van der Waals surface area contributed by atoms with E-state index in [2.05, 4.69) is 21.0 Å². The predicted molar refractivity (Wildman–Crippen MR) is 102 cm³/mol. The van der Waals surface area contributed by atoms with Gasteiger partial charge in [0.1, 0.15) is 6.04 Å². The normalized spacial score (nSPS) is 11.7. The molecule has 1 unspecified atom stereocenters. The molecule has 0 amide bonds. The van der Waals surface area contributed by atoms with Gasteiger partial charge in [-0.15, -0.1) is 0 Å². The number of nitrogens with one attached hydrogen (secondary N) is 1. The van der Waals surface area contributed by atoms with Crippen LogP contribution in [0, 0.1) is 5.53 Å². The molecule has 0 saturated heterocycles. The van der Waals surface area contributed by atoms with E-state index in [4.69, 9.17) is 43.3 Å². The lowest BCUT2D eigenvalue weighted by Crippen LogP contribution is -2.11. The summed E-state index contributed by atoms with van der Waals surface area (Å²) in [6, 6.07) is 7.76. The highest BCUT2D eigenvalue weighted by molar-refractivity contribution is 9.10. The van der Waals surface area contributed by atoms with Crippen LogP contribution >= 0.6 is 39.1 Å². The van der Waals surface area contributed by atoms with Crippen molar-refractivity contribution in [2.45, 2.75) is 13.0 Å². The Labute approximate surface area is 168 Å². The van der Waals surface area contributed by atoms with E-state index in [1.54, 1.807) is 37.3 Å². The molecule has 138 valence electrons. The number of hydrogen-bond acceptors (Lipinski definition) is 5. The molecule has 0 heterocycles. The van der Waals surface area contributed by atoms with Gasteiger partial charge in [0.2, 0.25) is 0 Å². The van der Waals surface area contributed by atoms with E-state index >= 15 is 0 Å². The van der Waals surface area contributed by atoms with Gasteiger partial charge in [-0.2, -0.15) is 5.11 Å². The maximum absolute atomic E-state index is 10.8. The summed E-state index contributed by atoms with van der Waals surface area (Å²) in [7, 11) is 0. The fourth-order valence-corrected chi connectivity index (χ4v) is 3.19. The number of aliphatic carboxylic acids is 1. The molecule has 0 fully saturated rings. The Kier molecular flexibility index (Phi) is 7.25. The standard InChI is InChI=1S/C17H15BrCl2N2O4/c1-2-25-14-7-10(5-11(18)17(14)26-8-15(23)24)16(22-21)9-3-4-12(19)13(20)6-9/h3-7,16,21H,2,8H2,1H3,(H,23,24). The van der Waals surface area contributed by atoms with Gasteiger partial charge in [0.05, 0.1) is 21.1 Å². The van der Waals surface area contributed by atoms with E-state index in [0.29, 0.717) is 38.0 Å². The summed E-state index contributed by atoms with van der Waals surface area (Å²) in [5.41, 5.74) is 8.91. The highest BCUT2D eigenvalue weighted by Gasteiger charge is 2.20. The van der Waals surface area contributed by atoms with Gasteiger partial charge in [-0.1, -0.05) is 29.3 Å². The number of nitrogens with zero attached hydrogens (tertiary/aromatic N) is 1. The molecule has 0 bridgehead atoms. The maximum Gasteiger partial charge on any atom is 0.341 e. The third-order valence-corrected chi connectivity index (χ3v) is 4.70. The van der Waals surface area contributed by atoms with Crippen LogP contribution in [0.4, 0.5) is 0 Å². The van der Waals surface area contributed by atoms with Gasteiger partial charge in [-0.05, 0) is 58.2 Å². The number of carbonyl (C=O) groups is 1. The number of benzene rings is 2. The SMILES string of the molecule is CCOc1cc(C(N=N)c2ccc(Cl)c(Cl)c2)cc(Br)c1OCC(=O)O. The van der Waals surface area contributed by atoms with Crippen molar-refractivity contribution >= 4 is 45.1 Å². The summed E-state index contributed by atoms with van der Waals surface area (Å²) in [6.45, 7) is 1.65. The minimum atomic E-state index is -1.10. The minimum absolute atomic E-state index is 0.274. The first-order chi connectivity index (χ1) is 12.4. The summed E-state index contributed by atoms with van der Waals surface area (Å²) in [5.74, 6) is -0.471. The number of carboxylic acid groups (broad SMARTS) is 1. The molecule has 2 aromatic rings. The second-order valence-corrected chi connectivity index (χ2v) is 6.82. The van der Waals surface area contributed by atoms with Gasteiger partial charge < -0.3 is 14.6 Å². The fraction of sp³-hybridized carbons (Fsp3) is 0.235. The van der Waals surface area contributed by atoms with Gasteiger partial charge >= 0.3 is 5.97 Å². The molecule has 0 aliphatic rings. The van der Waals surface area contributed by atoms with Crippen LogP contribution in [0.3, 0.4) is 0 Å². The van der Waals surface area contributed by atoms with Crippen molar-refractivity contribution in [2.24, 2.45) is 5.11 Å². The van der Waals surface area contributed by atoms with E-state index < -0.39 is 18.6 Å². The zero-order valence-corrected chi connectivity index (χ0v) is 16.7. The van der Waals surface area contributed by atoms with Gasteiger partial charge in [-0.25, -0.2) is 10.3 Å². The monoisotopic (exact) mass is 460 g/mol. The second kappa shape index (κ2) is 9.21. The van der Waals surface area contributed by atoms with Crippen LogP contribution in [0.5, 0.6) is 11.5 Å². The lowest BCUT2D eigenvalue weighted by atomic mass is 9.99. The Bertz CT molecular complexity index is 833. The van der Waals surface area contributed by atoms with E-state index in [9.17, 15) is 4.79 Å². The summed E-state index contributed by atoms with van der Waals surface area (Å²) in [6.07, 6.45) is 0. The summed E-state index contributed by atoms with van der Waals surface area (Å²) >= 11 is 15.4. The first-order valence-electron chi connectivity index (χ1n) is 7.49.